The summed E-state index contributed by atoms with van der Waals surface area (Å²) < 4.78 is 33.8. The predicted molar refractivity (Wildman–Crippen MR) is 104 cm³/mol. The molecular weight excluding hydrogens is 372 g/mol. The Balaban J connectivity index is 1.94. The zero-order chi connectivity index (χ0) is 18.9. The van der Waals surface area contributed by atoms with Gasteiger partial charge < -0.3 is 9.64 Å². The number of fused-ring (bicyclic) bond motifs is 1. The molecule has 1 atom stereocenters. The number of sulfonamides is 1. The third kappa shape index (κ3) is 3.81. The molecule has 0 radical (unpaired) electrons. The summed E-state index contributed by atoms with van der Waals surface area (Å²) in [5, 5.41) is 0. The summed E-state index contributed by atoms with van der Waals surface area (Å²) in [6.45, 7) is 3.76. The van der Waals surface area contributed by atoms with Gasteiger partial charge in [0.25, 0.3) is 10.0 Å². The van der Waals surface area contributed by atoms with Crippen molar-refractivity contribution in [2.24, 2.45) is 0 Å². The molecule has 1 aliphatic heterocycles. The predicted octanol–water partition coefficient (Wildman–Crippen LogP) is 3.34. The number of carbonyl (C=O) groups is 1. The van der Waals surface area contributed by atoms with Crippen molar-refractivity contribution in [2.75, 3.05) is 22.4 Å². The van der Waals surface area contributed by atoms with Gasteiger partial charge in [0.05, 0.1) is 17.1 Å². The summed E-state index contributed by atoms with van der Waals surface area (Å²) in [6.07, 6.45) is 1.71. The second-order valence-corrected chi connectivity index (χ2v) is 8.59. The molecule has 0 saturated carbocycles. The molecule has 0 aromatic heterocycles. The van der Waals surface area contributed by atoms with E-state index < -0.39 is 10.0 Å². The molecule has 2 aromatic rings. The van der Waals surface area contributed by atoms with Crippen LogP contribution in [0.3, 0.4) is 0 Å². The molecule has 1 N–H and O–H groups in total. The highest BCUT2D eigenvalue weighted by molar-refractivity contribution is 7.98. The van der Waals surface area contributed by atoms with E-state index in [1.165, 1.54) is 30.8 Å². The van der Waals surface area contributed by atoms with Crippen LogP contribution in [0.5, 0.6) is 5.75 Å². The smallest absolute Gasteiger partial charge is 0.262 e. The largest absolute Gasteiger partial charge is 0.487 e. The first-order valence-corrected chi connectivity index (χ1v) is 10.8. The fraction of sp³-hybridized carbons (Fsp3) is 0.278. The van der Waals surface area contributed by atoms with E-state index in [2.05, 4.69) is 4.72 Å². The number of amides is 1. The summed E-state index contributed by atoms with van der Waals surface area (Å²) in [7, 11) is -3.77. The van der Waals surface area contributed by atoms with Gasteiger partial charge in [0.1, 0.15) is 11.9 Å². The molecule has 6 nitrogen and oxygen atoms in total. The minimum atomic E-state index is -3.77. The molecule has 0 spiro atoms. The van der Waals surface area contributed by atoms with Crippen LogP contribution in [0.1, 0.15) is 13.8 Å². The SMILES string of the molecule is CSc1cccc(NS(=O)(=O)c2ccc3c(c2)OC(C)CN3C(C)=O)c1. The van der Waals surface area contributed by atoms with E-state index in [0.717, 1.165) is 4.90 Å². The number of nitrogens with zero attached hydrogens (tertiary/aromatic N) is 1. The van der Waals surface area contributed by atoms with Crippen molar-refractivity contribution in [1.29, 1.82) is 0 Å². The molecule has 0 bridgehead atoms. The molecular formula is C18H20N2O4S2. The van der Waals surface area contributed by atoms with Gasteiger partial charge in [-0.3, -0.25) is 9.52 Å². The Morgan fingerprint density at radius 1 is 1.27 bits per heavy atom. The Bertz CT molecular complexity index is 944. The minimum Gasteiger partial charge on any atom is -0.487 e. The van der Waals surface area contributed by atoms with Crippen LogP contribution in [0.25, 0.3) is 0 Å². The third-order valence-electron chi connectivity index (χ3n) is 4.00. The number of benzene rings is 2. The van der Waals surface area contributed by atoms with Gasteiger partial charge in [0.15, 0.2) is 0 Å². The second-order valence-electron chi connectivity index (χ2n) is 6.03. The van der Waals surface area contributed by atoms with E-state index in [-0.39, 0.29) is 16.9 Å². The van der Waals surface area contributed by atoms with Gasteiger partial charge in [-0.2, -0.15) is 0 Å². The van der Waals surface area contributed by atoms with Crippen LogP contribution in [0.4, 0.5) is 11.4 Å². The van der Waals surface area contributed by atoms with Gasteiger partial charge in [-0.1, -0.05) is 6.07 Å². The van der Waals surface area contributed by atoms with E-state index in [4.69, 9.17) is 4.74 Å². The van der Waals surface area contributed by atoms with Crippen molar-refractivity contribution >= 4 is 39.1 Å². The lowest BCUT2D eigenvalue weighted by atomic mass is 10.2. The fourth-order valence-electron chi connectivity index (χ4n) is 2.79. The highest BCUT2D eigenvalue weighted by Gasteiger charge is 2.27. The van der Waals surface area contributed by atoms with E-state index >= 15 is 0 Å². The van der Waals surface area contributed by atoms with E-state index in [1.54, 1.807) is 29.2 Å². The van der Waals surface area contributed by atoms with Crippen molar-refractivity contribution in [3.63, 3.8) is 0 Å². The summed E-state index contributed by atoms with van der Waals surface area (Å²) in [6, 6.07) is 11.7. The first-order chi connectivity index (χ1) is 12.3. The van der Waals surface area contributed by atoms with Gasteiger partial charge in [0, 0.05) is 23.6 Å². The summed E-state index contributed by atoms with van der Waals surface area (Å²) in [5.74, 6) is 0.281. The van der Waals surface area contributed by atoms with Crippen molar-refractivity contribution < 1.29 is 17.9 Å². The van der Waals surface area contributed by atoms with E-state index in [0.29, 0.717) is 23.7 Å². The second kappa shape index (κ2) is 7.20. The molecule has 3 rings (SSSR count). The van der Waals surface area contributed by atoms with Crippen LogP contribution in [-0.2, 0) is 14.8 Å². The number of thioether (sulfide) groups is 1. The average molecular weight is 393 g/mol. The quantitative estimate of drug-likeness (QED) is 0.808. The number of hydrogen-bond donors (Lipinski definition) is 1. The van der Waals surface area contributed by atoms with Crippen LogP contribution < -0.4 is 14.4 Å². The maximum Gasteiger partial charge on any atom is 0.262 e. The molecule has 1 aliphatic rings. The van der Waals surface area contributed by atoms with Crippen LogP contribution in [0.2, 0.25) is 0 Å². The van der Waals surface area contributed by atoms with Gasteiger partial charge in [-0.15, -0.1) is 11.8 Å². The average Bonchev–Trinajstić information content (AvgIpc) is 2.60. The van der Waals surface area contributed by atoms with Gasteiger partial charge >= 0.3 is 0 Å². The maximum absolute atomic E-state index is 12.7. The van der Waals surface area contributed by atoms with Crippen molar-refractivity contribution in [3.05, 3.63) is 42.5 Å². The lowest BCUT2D eigenvalue weighted by Crippen LogP contribution is -2.41. The van der Waals surface area contributed by atoms with Crippen LogP contribution >= 0.6 is 11.8 Å². The number of ether oxygens (including phenoxy) is 1. The summed E-state index contributed by atoms with van der Waals surface area (Å²) >= 11 is 1.53. The van der Waals surface area contributed by atoms with E-state index in [1.807, 2.05) is 19.2 Å². The fourth-order valence-corrected chi connectivity index (χ4v) is 4.31. The van der Waals surface area contributed by atoms with Crippen LogP contribution in [-0.4, -0.2) is 33.2 Å². The third-order valence-corrected chi connectivity index (χ3v) is 6.11. The van der Waals surface area contributed by atoms with Crippen molar-refractivity contribution in [2.45, 2.75) is 29.7 Å². The summed E-state index contributed by atoms with van der Waals surface area (Å²) in [4.78, 5) is 14.5. The van der Waals surface area contributed by atoms with Gasteiger partial charge in [-0.05, 0) is 43.5 Å². The Morgan fingerprint density at radius 3 is 2.73 bits per heavy atom. The Labute approximate surface area is 157 Å². The topological polar surface area (TPSA) is 75.7 Å². The molecule has 0 aliphatic carbocycles. The number of rotatable bonds is 4. The molecule has 138 valence electrons. The Hall–Kier alpha value is -2.19. The number of carbonyl (C=O) groups excluding carboxylic acids is 1. The molecule has 1 unspecified atom stereocenters. The molecule has 2 aromatic carbocycles. The standard InChI is InChI=1S/C18H20N2O4S2/c1-12-11-20(13(2)21)17-8-7-16(10-18(17)24-12)26(22,23)19-14-5-4-6-15(9-14)25-3/h4-10,12,19H,11H2,1-3H3. The molecule has 0 fully saturated rings. The van der Waals surface area contributed by atoms with Gasteiger partial charge in [-0.25, -0.2) is 8.42 Å². The van der Waals surface area contributed by atoms with Crippen molar-refractivity contribution in [3.8, 4) is 5.75 Å². The van der Waals surface area contributed by atoms with Crippen LogP contribution in [0, 0.1) is 0 Å². The monoisotopic (exact) mass is 392 g/mol. The van der Waals surface area contributed by atoms with Crippen molar-refractivity contribution in [1.82, 2.24) is 0 Å². The zero-order valence-corrected chi connectivity index (χ0v) is 16.4. The Kier molecular flexibility index (Phi) is 5.15. The first-order valence-electron chi connectivity index (χ1n) is 8.06. The molecule has 1 heterocycles. The summed E-state index contributed by atoms with van der Waals surface area (Å²) in [5.41, 5.74) is 1.08. The Morgan fingerprint density at radius 2 is 2.04 bits per heavy atom. The zero-order valence-electron chi connectivity index (χ0n) is 14.7. The van der Waals surface area contributed by atoms with Gasteiger partial charge in [0.2, 0.25) is 5.91 Å². The van der Waals surface area contributed by atoms with Crippen LogP contribution in [0.15, 0.2) is 52.3 Å². The molecule has 0 saturated heterocycles. The molecule has 1 amide bonds. The first kappa shape index (κ1) is 18.6. The molecule has 8 heteroatoms. The normalized spacial score (nSPS) is 16.6. The minimum absolute atomic E-state index is 0.0865. The highest BCUT2D eigenvalue weighted by Crippen LogP contribution is 2.36. The number of nitrogens with one attached hydrogen (secondary N) is 1. The molecule has 26 heavy (non-hydrogen) atoms. The lowest BCUT2D eigenvalue weighted by molar-refractivity contribution is -0.117. The van der Waals surface area contributed by atoms with E-state index in [9.17, 15) is 13.2 Å². The number of anilines is 2. The lowest BCUT2D eigenvalue weighted by Gasteiger charge is -2.33. The highest BCUT2D eigenvalue weighted by atomic mass is 32.2. The number of hydrogen-bond acceptors (Lipinski definition) is 5. The maximum atomic E-state index is 12.7.